The lowest BCUT2D eigenvalue weighted by molar-refractivity contribution is 0.287. The predicted molar refractivity (Wildman–Crippen MR) is 115 cm³/mol. The summed E-state index contributed by atoms with van der Waals surface area (Å²) in [5.74, 6) is 2.34. The highest BCUT2D eigenvalue weighted by Gasteiger charge is 2.15. The average Bonchev–Trinajstić information content (AvgIpc) is 3.06. The molecule has 3 aromatic rings. The van der Waals surface area contributed by atoms with Crippen LogP contribution >= 0.6 is 23.2 Å². The van der Waals surface area contributed by atoms with Gasteiger partial charge in [0.25, 0.3) is 0 Å². The Kier molecular flexibility index (Phi) is 6.40. The lowest BCUT2D eigenvalue weighted by Crippen LogP contribution is -2.29. The van der Waals surface area contributed by atoms with E-state index >= 15 is 0 Å². The van der Waals surface area contributed by atoms with E-state index in [4.69, 9.17) is 32.9 Å². The van der Waals surface area contributed by atoms with Crippen molar-refractivity contribution < 1.29 is 4.74 Å². The Hall–Kier alpha value is -1.75. The van der Waals surface area contributed by atoms with Gasteiger partial charge in [-0.1, -0.05) is 35.3 Å². The molecule has 0 radical (unpaired) electrons. The van der Waals surface area contributed by atoms with Crippen LogP contribution in [0.15, 0.2) is 42.5 Å². The Bertz CT molecular complexity index is 935. The van der Waals surface area contributed by atoms with Gasteiger partial charge in [-0.2, -0.15) is 0 Å². The second kappa shape index (κ2) is 9.17. The average molecular weight is 418 g/mol. The number of nitrogens with zero attached hydrogens (tertiary/aromatic N) is 2. The van der Waals surface area contributed by atoms with E-state index in [1.807, 2.05) is 6.07 Å². The van der Waals surface area contributed by atoms with Gasteiger partial charge in [-0.05, 0) is 75.0 Å². The number of benzene rings is 2. The summed E-state index contributed by atoms with van der Waals surface area (Å²) in [6, 6.07) is 13.5. The minimum absolute atomic E-state index is 0.376. The Balaban J connectivity index is 1.48. The van der Waals surface area contributed by atoms with Crippen LogP contribution in [0.2, 0.25) is 10.0 Å². The van der Waals surface area contributed by atoms with Crippen molar-refractivity contribution in [1.29, 1.82) is 0 Å². The summed E-state index contributed by atoms with van der Waals surface area (Å²) in [5.41, 5.74) is 2.16. The Labute approximate surface area is 175 Å². The monoisotopic (exact) mass is 417 g/mol. The summed E-state index contributed by atoms with van der Waals surface area (Å²) >= 11 is 12.2. The molecule has 4 nitrogen and oxygen atoms in total. The minimum Gasteiger partial charge on any atom is -0.484 e. The zero-order valence-corrected chi connectivity index (χ0v) is 17.3. The highest BCUT2D eigenvalue weighted by molar-refractivity contribution is 6.35. The molecule has 6 heteroatoms. The summed E-state index contributed by atoms with van der Waals surface area (Å²) < 4.78 is 8.25. The zero-order valence-electron chi connectivity index (χ0n) is 15.8. The van der Waals surface area contributed by atoms with Crippen LogP contribution < -0.4 is 10.1 Å². The Morgan fingerprint density at radius 1 is 1.18 bits per heavy atom. The highest BCUT2D eigenvalue weighted by atomic mass is 35.5. The van der Waals surface area contributed by atoms with E-state index in [0.717, 1.165) is 48.8 Å². The number of hydrogen-bond donors (Lipinski definition) is 1. The second-order valence-electron chi connectivity index (χ2n) is 7.39. The molecular formula is C22H25Cl2N3O. The number of piperidine rings is 1. The SMILES string of the molecule is Clc1ccc(OCc2nc3ccccc3n2CCCC2CCCNC2)c(Cl)c1. The van der Waals surface area contributed by atoms with E-state index in [9.17, 15) is 0 Å². The molecule has 1 aliphatic rings. The van der Waals surface area contributed by atoms with Gasteiger partial charge in [-0.3, -0.25) is 0 Å². The molecule has 2 heterocycles. The van der Waals surface area contributed by atoms with Gasteiger partial charge in [0.05, 0.1) is 16.1 Å². The van der Waals surface area contributed by atoms with Crippen molar-refractivity contribution in [2.75, 3.05) is 13.1 Å². The maximum Gasteiger partial charge on any atom is 0.147 e. The van der Waals surface area contributed by atoms with Crippen molar-refractivity contribution in [1.82, 2.24) is 14.9 Å². The summed E-state index contributed by atoms with van der Waals surface area (Å²) in [6.45, 7) is 3.64. The van der Waals surface area contributed by atoms with Crippen molar-refractivity contribution in [3.05, 3.63) is 58.3 Å². The molecule has 0 spiro atoms. The lowest BCUT2D eigenvalue weighted by atomic mass is 9.95. The molecule has 0 aliphatic carbocycles. The molecule has 0 saturated carbocycles. The van der Waals surface area contributed by atoms with Gasteiger partial charge in [0.1, 0.15) is 18.2 Å². The topological polar surface area (TPSA) is 39.1 Å². The molecule has 1 aromatic heterocycles. The second-order valence-corrected chi connectivity index (χ2v) is 8.23. The number of aryl methyl sites for hydroxylation is 1. The maximum atomic E-state index is 6.24. The first-order valence-electron chi connectivity index (χ1n) is 9.93. The molecule has 2 aromatic carbocycles. The molecule has 0 amide bonds. The van der Waals surface area contributed by atoms with Crippen LogP contribution in [0.4, 0.5) is 0 Å². The molecule has 1 saturated heterocycles. The summed E-state index contributed by atoms with van der Waals surface area (Å²) in [6.07, 6.45) is 5.01. The molecule has 148 valence electrons. The van der Waals surface area contributed by atoms with Gasteiger partial charge in [0.15, 0.2) is 0 Å². The zero-order chi connectivity index (χ0) is 19.3. The third-order valence-electron chi connectivity index (χ3n) is 5.38. The number of rotatable bonds is 7. The summed E-state index contributed by atoms with van der Waals surface area (Å²) in [4.78, 5) is 4.80. The number of ether oxygens (including phenoxy) is 1. The summed E-state index contributed by atoms with van der Waals surface area (Å²) in [5, 5.41) is 4.62. The Morgan fingerprint density at radius 3 is 2.89 bits per heavy atom. The minimum atomic E-state index is 0.376. The smallest absolute Gasteiger partial charge is 0.147 e. The van der Waals surface area contributed by atoms with Crippen molar-refractivity contribution in [3.63, 3.8) is 0 Å². The third kappa shape index (κ3) is 4.62. The van der Waals surface area contributed by atoms with Crippen LogP contribution in [0.1, 0.15) is 31.5 Å². The van der Waals surface area contributed by atoms with E-state index in [1.54, 1.807) is 18.2 Å². The van der Waals surface area contributed by atoms with E-state index in [2.05, 4.69) is 28.1 Å². The number of nitrogens with one attached hydrogen (secondary N) is 1. The first-order valence-corrected chi connectivity index (χ1v) is 10.7. The number of fused-ring (bicyclic) bond motifs is 1. The number of aromatic nitrogens is 2. The lowest BCUT2D eigenvalue weighted by Gasteiger charge is -2.22. The van der Waals surface area contributed by atoms with Crippen LogP contribution in [-0.2, 0) is 13.2 Å². The largest absolute Gasteiger partial charge is 0.484 e. The van der Waals surface area contributed by atoms with Crippen molar-refractivity contribution in [2.45, 2.75) is 38.8 Å². The fourth-order valence-electron chi connectivity index (χ4n) is 3.93. The van der Waals surface area contributed by atoms with Crippen LogP contribution in [0, 0.1) is 5.92 Å². The van der Waals surface area contributed by atoms with E-state index in [1.165, 1.54) is 19.3 Å². The molecule has 1 N–H and O–H groups in total. The van der Waals surface area contributed by atoms with Gasteiger partial charge >= 0.3 is 0 Å². The highest BCUT2D eigenvalue weighted by Crippen LogP contribution is 2.28. The van der Waals surface area contributed by atoms with Crippen LogP contribution in [0.5, 0.6) is 5.75 Å². The number of hydrogen-bond acceptors (Lipinski definition) is 3. The number of halogens is 2. The van der Waals surface area contributed by atoms with Crippen molar-refractivity contribution >= 4 is 34.2 Å². The van der Waals surface area contributed by atoms with Gasteiger partial charge in [0, 0.05) is 11.6 Å². The van der Waals surface area contributed by atoms with E-state index in [-0.39, 0.29) is 0 Å². The normalized spacial score (nSPS) is 17.1. The van der Waals surface area contributed by atoms with Crippen LogP contribution in [-0.4, -0.2) is 22.6 Å². The maximum absolute atomic E-state index is 6.24. The third-order valence-corrected chi connectivity index (χ3v) is 5.91. The molecular weight excluding hydrogens is 393 g/mol. The van der Waals surface area contributed by atoms with E-state index in [0.29, 0.717) is 22.4 Å². The molecule has 1 atom stereocenters. The molecule has 1 unspecified atom stereocenters. The first kappa shape index (κ1) is 19.6. The first-order chi connectivity index (χ1) is 13.7. The molecule has 28 heavy (non-hydrogen) atoms. The van der Waals surface area contributed by atoms with Crippen LogP contribution in [0.3, 0.4) is 0 Å². The fraction of sp³-hybridized carbons (Fsp3) is 0.409. The summed E-state index contributed by atoms with van der Waals surface area (Å²) in [7, 11) is 0. The number of para-hydroxylation sites is 2. The molecule has 0 bridgehead atoms. The molecule has 1 aliphatic heterocycles. The van der Waals surface area contributed by atoms with Gasteiger partial charge in [0.2, 0.25) is 0 Å². The van der Waals surface area contributed by atoms with Gasteiger partial charge < -0.3 is 14.6 Å². The fourth-order valence-corrected chi connectivity index (χ4v) is 4.39. The molecule has 4 rings (SSSR count). The van der Waals surface area contributed by atoms with E-state index < -0.39 is 0 Å². The quantitative estimate of drug-likeness (QED) is 0.535. The van der Waals surface area contributed by atoms with Crippen LogP contribution in [0.25, 0.3) is 11.0 Å². The van der Waals surface area contributed by atoms with Crippen molar-refractivity contribution in [2.24, 2.45) is 5.92 Å². The number of imidazole rings is 1. The Morgan fingerprint density at radius 2 is 2.07 bits per heavy atom. The van der Waals surface area contributed by atoms with Crippen molar-refractivity contribution in [3.8, 4) is 5.75 Å². The standard InChI is InChI=1S/C22H25Cl2N3O/c23-17-9-10-21(18(24)13-17)28-15-22-26-19-7-1-2-8-20(19)27(22)12-4-6-16-5-3-11-25-14-16/h1-2,7-10,13,16,25H,3-6,11-12,14-15H2. The molecule has 1 fully saturated rings. The van der Waals surface area contributed by atoms with Gasteiger partial charge in [-0.15, -0.1) is 0 Å². The predicted octanol–water partition coefficient (Wildman–Crippen LogP) is 5.70. The van der Waals surface area contributed by atoms with Gasteiger partial charge in [-0.25, -0.2) is 4.98 Å².